The van der Waals surface area contributed by atoms with E-state index in [4.69, 9.17) is 4.74 Å². The van der Waals surface area contributed by atoms with Gasteiger partial charge < -0.3 is 14.7 Å². The molecular formula is C18H22FN3O3. The summed E-state index contributed by atoms with van der Waals surface area (Å²) in [6, 6.07) is 5.64. The number of aliphatic hydroxyl groups is 1. The number of β-amino-alcohol motifs (C(OH)–C–C–N with tert-alkyl or cyclic N) is 1. The van der Waals surface area contributed by atoms with Crippen LogP contribution in [0.15, 0.2) is 24.3 Å². The Morgan fingerprint density at radius 3 is 2.76 bits per heavy atom. The minimum Gasteiger partial charge on any atom is -0.491 e. The molecule has 6 nitrogen and oxygen atoms in total. The second kappa shape index (κ2) is 6.84. The minimum absolute atomic E-state index is 0.0368. The molecule has 1 atom stereocenters. The lowest BCUT2D eigenvalue weighted by Gasteiger charge is -2.23. The Kier molecular flexibility index (Phi) is 4.76. The van der Waals surface area contributed by atoms with Crippen LogP contribution >= 0.6 is 0 Å². The summed E-state index contributed by atoms with van der Waals surface area (Å²) in [5, 5.41) is 17.6. The molecule has 0 spiro atoms. The molecule has 2 aromatic rings. The van der Waals surface area contributed by atoms with Gasteiger partial charge in [0.25, 0.3) is 0 Å². The molecule has 7 heteroatoms. The highest BCUT2D eigenvalue weighted by atomic mass is 19.1. The average molecular weight is 347 g/mol. The molecule has 1 aliphatic rings. The van der Waals surface area contributed by atoms with Crippen LogP contribution in [-0.4, -0.2) is 51.4 Å². The van der Waals surface area contributed by atoms with Gasteiger partial charge in [-0.15, -0.1) is 0 Å². The number of carbonyl (C=O) groups excluding carboxylic acids is 1. The number of likely N-dealkylation sites (tertiary alicyclic amines) is 1. The van der Waals surface area contributed by atoms with Gasteiger partial charge in [-0.25, -0.2) is 4.39 Å². The summed E-state index contributed by atoms with van der Waals surface area (Å²) in [5.41, 5.74) is 1.52. The van der Waals surface area contributed by atoms with Crippen molar-refractivity contribution in [2.45, 2.75) is 32.3 Å². The first-order valence-electron chi connectivity index (χ1n) is 8.25. The van der Waals surface area contributed by atoms with Crippen LogP contribution < -0.4 is 4.74 Å². The van der Waals surface area contributed by atoms with Crippen molar-refractivity contribution in [2.75, 3.05) is 19.7 Å². The fourth-order valence-corrected chi connectivity index (χ4v) is 3.03. The molecule has 0 saturated carbocycles. The van der Waals surface area contributed by atoms with Crippen LogP contribution in [0.25, 0.3) is 0 Å². The van der Waals surface area contributed by atoms with Gasteiger partial charge in [0.15, 0.2) is 0 Å². The molecule has 3 rings (SSSR count). The Hall–Kier alpha value is -2.41. The quantitative estimate of drug-likeness (QED) is 0.864. The van der Waals surface area contributed by atoms with E-state index in [0.717, 1.165) is 17.0 Å². The number of benzene rings is 1. The predicted octanol–water partition coefficient (Wildman–Crippen LogP) is 1.75. The molecule has 1 unspecified atom stereocenters. The number of hydrogen-bond acceptors (Lipinski definition) is 4. The van der Waals surface area contributed by atoms with Crippen LogP contribution in [0.2, 0.25) is 0 Å². The van der Waals surface area contributed by atoms with Crippen molar-refractivity contribution in [3.8, 4) is 5.75 Å². The summed E-state index contributed by atoms with van der Waals surface area (Å²) in [7, 11) is 0. The van der Waals surface area contributed by atoms with E-state index in [1.54, 1.807) is 4.90 Å². The van der Waals surface area contributed by atoms with Gasteiger partial charge >= 0.3 is 0 Å². The first kappa shape index (κ1) is 17.4. The first-order chi connectivity index (χ1) is 11.9. The normalized spacial score (nSPS) is 20.1. The van der Waals surface area contributed by atoms with Crippen molar-refractivity contribution in [3.63, 3.8) is 0 Å². The van der Waals surface area contributed by atoms with Gasteiger partial charge in [0.1, 0.15) is 23.8 Å². The monoisotopic (exact) mass is 347 g/mol. The number of H-pyrrole nitrogens is 1. The van der Waals surface area contributed by atoms with Gasteiger partial charge in [0.05, 0.1) is 18.7 Å². The third kappa shape index (κ3) is 3.99. The van der Waals surface area contributed by atoms with Crippen LogP contribution in [0, 0.1) is 19.7 Å². The number of aromatic amines is 1. The molecule has 134 valence electrons. The van der Waals surface area contributed by atoms with Crippen LogP contribution in [0.4, 0.5) is 4.39 Å². The summed E-state index contributed by atoms with van der Waals surface area (Å²) < 4.78 is 18.5. The molecule has 1 amide bonds. The highest BCUT2D eigenvalue weighted by Crippen LogP contribution is 2.24. The zero-order chi connectivity index (χ0) is 18.0. The largest absolute Gasteiger partial charge is 0.491 e. The molecule has 1 aromatic carbocycles. The topological polar surface area (TPSA) is 78.5 Å². The van der Waals surface area contributed by atoms with Gasteiger partial charge in [0.2, 0.25) is 5.91 Å². The molecule has 2 N–H and O–H groups in total. The second-order valence-electron chi connectivity index (χ2n) is 6.62. The third-order valence-corrected chi connectivity index (χ3v) is 4.61. The predicted molar refractivity (Wildman–Crippen MR) is 89.8 cm³/mol. The van der Waals surface area contributed by atoms with E-state index in [9.17, 15) is 14.3 Å². The summed E-state index contributed by atoms with van der Waals surface area (Å²) >= 11 is 0. The van der Waals surface area contributed by atoms with Gasteiger partial charge in [-0.2, -0.15) is 5.10 Å². The number of rotatable bonds is 5. The Bertz CT molecular complexity index is 740. The lowest BCUT2D eigenvalue weighted by atomic mass is 10.1. The zero-order valence-corrected chi connectivity index (χ0v) is 14.4. The number of aryl methyl sites for hydroxylation is 2. The number of aromatic nitrogens is 2. The number of ether oxygens (including phenoxy) is 1. The number of halogens is 1. The van der Waals surface area contributed by atoms with E-state index < -0.39 is 5.60 Å². The minimum atomic E-state index is -1.09. The molecule has 2 heterocycles. The molecule has 1 fully saturated rings. The molecule has 0 radical (unpaired) electrons. The van der Waals surface area contributed by atoms with Crippen molar-refractivity contribution in [1.29, 1.82) is 0 Å². The highest BCUT2D eigenvalue weighted by Gasteiger charge is 2.39. The van der Waals surface area contributed by atoms with Crippen LogP contribution in [0.5, 0.6) is 5.75 Å². The van der Waals surface area contributed by atoms with E-state index in [1.165, 1.54) is 24.3 Å². The highest BCUT2D eigenvalue weighted by molar-refractivity contribution is 5.79. The molecule has 1 aliphatic heterocycles. The van der Waals surface area contributed by atoms with Crippen molar-refractivity contribution in [3.05, 3.63) is 47.0 Å². The zero-order valence-electron chi connectivity index (χ0n) is 14.4. The Labute approximate surface area is 145 Å². The Morgan fingerprint density at radius 2 is 2.12 bits per heavy atom. The van der Waals surface area contributed by atoms with E-state index in [0.29, 0.717) is 18.7 Å². The smallest absolute Gasteiger partial charge is 0.227 e. The number of carbonyl (C=O) groups is 1. The van der Waals surface area contributed by atoms with Gasteiger partial charge in [0, 0.05) is 17.8 Å². The summed E-state index contributed by atoms with van der Waals surface area (Å²) in [5.74, 6) is 0.114. The lowest BCUT2D eigenvalue weighted by Crippen LogP contribution is -2.41. The van der Waals surface area contributed by atoms with Gasteiger partial charge in [-0.3, -0.25) is 9.89 Å². The fourth-order valence-electron chi connectivity index (χ4n) is 3.03. The van der Waals surface area contributed by atoms with Crippen LogP contribution in [0.3, 0.4) is 0 Å². The summed E-state index contributed by atoms with van der Waals surface area (Å²) in [4.78, 5) is 14.2. The Morgan fingerprint density at radius 1 is 1.40 bits per heavy atom. The number of nitrogens with one attached hydrogen (secondary N) is 1. The van der Waals surface area contributed by atoms with E-state index in [2.05, 4.69) is 10.2 Å². The number of nitrogens with zero attached hydrogens (tertiary/aromatic N) is 2. The van der Waals surface area contributed by atoms with E-state index >= 15 is 0 Å². The molecule has 1 saturated heterocycles. The SMILES string of the molecule is Cc1n[nH]c(C)c1CC(=O)N1CCC(O)(COc2ccc(F)cc2)C1. The number of hydrogen-bond donors (Lipinski definition) is 2. The number of amides is 1. The molecule has 1 aromatic heterocycles. The van der Waals surface area contributed by atoms with Crippen LogP contribution in [-0.2, 0) is 11.2 Å². The Balaban J connectivity index is 1.56. The van der Waals surface area contributed by atoms with Crippen molar-refractivity contribution < 1.29 is 19.0 Å². The summed E-state index contributed by atoms with van der Waals surface area (Å²) in [6.45, 7) is 4.52. The first-order valence-corrected chi connectivity index (χ1v) is 8.25. The van der Waals surface area contributed by atoms with Crippen LogP contribution in [0.1, 0.15) is 23.4 Å². The van der Waals surface area contributed by atoms with E-state index in [1.807, 2.05) is 13.8 Å². The third-order valence-electron chi connectivity index (χ3n) is 4.61. The lowest BCUT2D eigenvalue weighted by molar-refractivity contribution is -0.130. The second-order valence-corrected chi connectivity index (χ2v) is 6.62. The molecular weight excluding hydrogens is 325 g/mol. The molecule has 0 bridgehead atoms. The maximum atomic E-state index is 12.9. The summed E-state index contributed by atoms with van der Waals surface area (Å²) in [6.07, 6.45) is 0.715. The maximum Gasteiger partial charge on any atom is 0.227 e. The molecule has 25 heavy (non-hydrogen) atoms. The average Bonchev–Trinajstić information content (AvgIpc) is 3.12. The molecule has 0 aliphatic carbocycles. The van der Waals surface area contributed by atoms with Crippen molar-refractivity contribution in [1.82, 2.24) is 15.1 Å². The standard InChI is InChI=1S/C18H22FN3O3/c1-12-16(13(2)21-20-12)9-17(23)22-8-7-18(24,10-22)11-25-15-5-3-14(19)4-6-15/h3-6,24H,7-11H2,1-2H3,(H,20,21). The van der Waals surface area contributed by atoms with Crippen molar-refractivity contribution in [2.24, 2.45) is 0 Å². The van der Waals surface area contributed by atoms with E-state index in [-0.39, 0.29) is 31.3 Å². The maximum absolute atomic E-state index is 12.9. The van der Waals surface area contributed by atoms with Crippen molar-refractivity contribution >= 4 is 5.91 Å². The van der Waals surface area contributed by atoms with Gasteiger partial charge in [-0.1, -0.05) is 0 Å². The van der Waals surface area contributed by atoms with Gasteiger partial charge in [-0.05, 0) is 44.5 Å². The fraction of sp³-hybridized carbons (Fsp3) is 0.444.